The van der Waals surface area contributed by atoms with Crippen LogP contribution in [0.4, 0.5) is 0 Å². The Kier molecular flexibility index (Phi) is 4.37. The van der Waals surface area contributed by atoms with Crippen molar-refractivity contribution in [2.75, 3.05) is 0 Å². The lowest BCUT2D eigenvalue weighted by Crippen LogP contribution is -2.12. The standard InChI is InChI=1S/C18H16ClNO2S/c1-12-16-10-14(19)8-9-17(16)20(13(2)21)18(12)11-23(22)15-6-4-3-5-7-15/h3-10H,11H2,1-2H3. The summed E-state index contributed by atoms with van der Waals surface area (Å²) >= 11 is 6.08. The molecule has 118 valence electrons. The van der Waals surface area contributed by atoms with Crippen LogP contribution in [0, 0.1) is 6.92 Å². The molecule has 0 saturated heterocycles. The third-order valence-corrected chi connectivity index (χ3v) is 5.46. The van der Waals surface area contributed by atoms with Crippen LogP contribution in [-0.2, 0) is 16.6 Å². The monoisotopic (exact) mass is 345 g/mol. The van der Waals surface area contributed by atoms with E-state index in [-0.39, 0.29) is 5.91 Å². The van der Waals surface area contributed by atoms with Gasteiger partial charge in [-0.15, -0.1) is 0 Å². The number of benzene rings is 2. The number of carbonyl (C=O) groups excluding carboxylic acids is 1. The number of carbonyl (C=O) groups is 1. The van der Waals surface area contributed by atoms with Gasteiger partial charge in [-0.3, -0.25) is 13.6 Å². The largest absolute Gasteiger partial charge is 0.283 e. The molecule has 0 N–H and O–H groups in total. The first-order valence-corrected chi connectivity index (χ1v) is 8.92. The molecule has 0 radical (unpaired) electrons. The predicted octanol–water partition coefficient (Wildman–Crippen LogP) is 4.57. The lowest BCUT2D eigenvalue weighted by molar-refractivity contribution is 0.0939. The van der Waals surface area contributed by atoms with Crippen molar-refractivity contribution in [2.45, 2.75) is 24.5 Å². The maximum Gasteiger partial charge on any atom is 0.228 e. The Hall–Kier alpha value is -1.91. The van der Waals surface area contributed by atoms with Crippen LogP contribution in [0.15, 0.2) is 53.4 Å². The minimum absolute atomic E-state index is 0.0921. The Balaban J connectivity index is 2.13. The van der Waals surface area contributed by atoms with Gasteiger partial charge in [0, 0.05) is 27.9 Å². The number of halogens is 1. The Morgan fingerprint density at radius 3 is 2.52 bits per heavy atom. The summed E-state index contributed by atoms with van der Waals surface area (Å²) in [6.07, 6.45) is 0. The van der Waals surface area contributed by atoms with Crippen molar-refractivity contribution in [2.24, 2.45) is 0 Å². The molecule has 3 rings (SSSR count). The molecule has 0 aliphatic rings. The van der Waals surface area contributed by atoms with Gasteiger partial charge in [-0.25, -0.2) is 0 Å². The molecule has 0 amide bonds. The number of nitrogens with zero attached hydrogens (tertiary/aromatic N) is 1. The lowest BCUT2D eigenvalue weighted by atomic mass is 10.1. The maximum absolute atomic E-state index is 12.6. The predicted molar refractivity (Wildman–Crippen MR) is 94.5 cm³/mol. The first-order valence-electron chi connectivity index (χ1n) is 7.23. The molecule has 1 heterocycles. The molecule has 1 atom stereocenters. The molecule has 0 bridgehead atoms. The average Bonchev–Trinajstić information content (AvgIpc) is 2.81. The van der Waals surface area contributed by atoms with Crippen molar-refractivity contribution in [3.8, 4) is 0 Å². The molecule has 3 nitrogen and oxygen atoms in total. The quantitative estimate of drug-likeness (QED) is 0.697. The average molecular weight is 346 g/mol. The molecule has 1 unspecified atom stereocenters. The van der Waals surface area contributed by atoms with Gasteiger partial charge in [0.15, 0.2) is 0 Å². The van der Waals surface area contributed by atoms with Crippen molar-refractivity contribution in [3.63, 3.8) is 0 Å². The number of aryl methyl sites for hydroxylation is 1. The van der Waals surface area contributed by atoms with E-state index in [9.17, 15) is 9.00 Å². The van der Waals surface area contributed by atoms with E-state index in [1.807, 2.05) is 49.4 Å². The first-order chi connectivity index (χ1) is 11.0. The maximum atomic E-state index is 12.6. The van der Waals surface area contributed by atoms with E-state index in [1.165, 1.54) is 6.92 Å². The molecule has 2 aromatic carbocycles. The summed E-state index contributed by atoms with van der Waals surface area (Å²) in [5, 5.41) is 1.55. The van der Waals surface area contributed by atoms with Gasteiger partial charge >= 0.3 is 0 Å². The number of hydrogen-bond acceptors (Lipinski definition) is 2. The smallest absolute Gasteiger partial charge is 0.228 e. The van der Waals surface area contributed by atoms with Gasteiger partial charge in [0.2, 0.25) is 5.91 Å². The number of aromatic nitrogens is 1. The molecule has 5 heteroatoms. The minimum Gasteiger partial charge on any atom is -0.283 e. The molecule has 1 aromatic heterocycles. The van der Waals surface area contributed by atoms with E-state index < -0.39 is 10.8 Å². The Morgan fingerprint density at radius 2 is 1.87 bits per heavy atom. The molecular formula is C18H16ClNO2S. The molecular weight excluding hydrogens is 330 g/mol. The van der Waals surface area contributed by atoms with Crippen LogP contribution in [0.5, 0.6) is 0 Å². The van der Waals surface area contributed by atoms with Crippen molar-refractivity contribution < 1.29 is 9.00 Å². The first kappa shape index (κ1) is 16.0. The molecule has 3 aromatic rings. The molecule has 0 aliphatic heterocycles. The highest BCUT2D eigenvalue weighted by Crippen LogP contribution is 2.29. The van der Waals surface area contributed by atoms with Gasteiger partial charge in [-0.1, -0.05) is 29.8 Å². The minimum atomic E-state index is -1.21. The van der Waals surface area contributed by atoms with E-state index in [1.54, 1.807) is 10.6 Å². The van der Waals surface area contributed by atoms with Crippen LogP contribution >= 0.6 is 11.6 Å². The van der Waals surface area contributed by atoms with Crippen molar-refractivity contribution in [1.29, 1.82) is 0 Å². The number of hydrogen-bond donors (Lipinski definition) is 0. The summed E-state index contributed by atoms with van der Waals surface area (Å²) in [6.45, 7) is 3.46. The molecule has 0 fully saturated rings. The Bertz CT molecular complexity index is 916. The van der Waals surface area contributed by atoms with Gasteiger partial charge in [-0.2, -0.15) is 0 Å². The van der Waals surface area contributed by atoms with Crippen LogP contribution in [-0.4, -0.2) is 14.7 Å². The summed E-state index contributed by atoms with van der Waals surface area (Å²) in [5.41, 5.74) is 2.53. The highest BCUT2D eigenvalue weighted by Gasteiger charge is 2.19. The van der Waals surface area contributed by atoms with Crippen LogP contribution < -0.4 is 0 Å². The molecule has 23 heavy (non-hydrogen) atoms. The van der Waals surface area contributed by atoms with Gasteiger partial charge in [-0.05, 0) is 42.8 Å². The molecule has 0 saturated carbocycles. The number of rotatable bonds is 3. The van der Waals surface area contributed by atoms with Crippen molar-refractivity contribution in [1.82, 2.24) is 4.57 Å². The normalized spacial score (nSPS) is 12.5. The fourth-order valence-electron chi connectivity index (χ4n) is 2.78. The van der Waals surface area contributed by atoms with Gasteiger partial charge in [0.05, 0.1) is 22.1 Å². The van der Waals surface area contributed by atoms with E-state index in [0.29, 0.717) is 10.8 Å². The van der Waals surface area contributed by atoms with Gasteiger partial charge < -0.3 is 0 Å². The van der Waals surface area contributed by atoms with Crippen LogP contribution in [0.3, 0.4) is 0 Å². The fraction of sp³-hybridized carbons (Fsp3) is 0.167. The van der Waals surface area contributed by atoms with E-state index >= 15 is 0 Å². The lowest BCUT2D eigenvalue weighted by Gasteiger charge is -2.08. The number of fused-ring (bicyclic) bond motifs is 1. The summed E-state index contributed by atoms with van der Waals surface area (Å²) in [7, 11) is -1.21. The Morgan fingerprint density at radius 1 is 1.17 bits per heavy atom. The SMILES string of the molecule is CC(=O)n1c(CS(=O)c2ccccc2)c(C)c2cc(Cl)ccc21. The zero-order valence-corrected chi connectivity index (χ0v) is 14.4. The highest BCUT2D eigenvalue weighted by atomic mass is 35.5. The summed E-state index contributed by atoms with van der Waals surface area (Å²) in [6, 6.07) is 14.7. The van der Waals surface area contributed by atoms with Crippen LogP contribution in [0.1, 0.15) is 23.0 Å². The van der Waals surface area contributed by atoms with E-state index in [2.05, 4.69) is 0 Å². The van der Waals surface area contributed by atoms with E-state index in [0.717, 1.165) is 27.1 Å². The zero-order chi connectivity index (χ0) is 16.6. The fourth-order valence-corrected chi connectivity index (χ4v) is 4.18. The van der Waals surface area contributed by atoms with Crippen LogP contribution in [0.25, 0.3) is 10.9 Å². The van der Waals surface area contributed by atoms with Crippen LogP contribution in [0.2, 0.25) is 5.02 Å². The molecule has 0 aliphatic carbocycles. The topological polar surface area (TPSA) is 39.1 Å². The third-order valence-electron chi connectivity index (χ3n) is 3.90. The summed E-state index contributed by atoms with van der Waals surface area (Å²) in [5.74, 6) is 0.201. The third kappa shape index (κ3) is 2.96. The second-order valence-electron chi connectivity index (χ2n) is 5.39. The Labute approximate surface area is 142 Å². The van der Waals surface area contributed by atoms with Crippen molar-refractivity contribution in [3.05, 3.63) is 64.8 Å². The molecule has 0 spiro atoms. The summed E-state index contributed by atoms with van der Waals surface area (Å²) < 4.78 is 14.3. The second kappa shape index (κ2) is 6.30. The van der Waals surface area contributed by atoms with Crippen molar-refractivity contribution >= 4 is 39.2 Å². The van der Waals surface area contributed by atoms with Gasteiger partial charge in [0.25, 0.3) is 0 Å². The van der Waals surface area contributed by atoms with Gasteiger partial charge in [0.1, 0.15) is 0 Å². The summed E-state index contributed by atoms with van der Waals surface area (Å²) in [4.78, 5) is 12.9. The highest BCUT2D eigenvalue weighted by molar-refractivity contribution is 7.84. The van der Waals surface area contributed by atoms with E-state index in [4.69, 9.17) is 11.6 Å². The zero-order valence-electron chi connectivity index (χ0n) is 12.9. The second-order valence-corrected chi connectivity index (χ2v) is 7.28.